The normalized spacial score (nSPS) is 16.8. The number of piperidine rings is 1. The zero-order valence-corrected chi connectivity index (χ0v) is 19.3. The first kappa shape index (κ1) is 22.9. The van der Waals surface area contributed by atoms with Gasteiger partial charge in [0.1, 0.15) is 17.8 Å². The van der Waals surface area contributed by atoms with Gasteiger partial charge in [-0.15, -0.1) is 0 Å². The van der Waals surface area contributed by atoms with Crippen LogP contribution in [-0.2, 0) is 21.4 Å². The summed E-state index contributed by atoms with van der Waals surface area (Å²) in [5.74, 6) is 0.265. The maximum atomic E-state index is 12.1. The summed E-state index contributed by atoms with van der Waals surface area (Å²) in [5, 5.41) is 5.51. The number of sulfonamides is 1. The van der Waals surface area contributed by atoms with Crippen molar-refractivity contribution >= 4 is 32.8 Å². The monoisotopic (exact) mass is 469 g/mol. The number of rotatable bonds is 7. The molecule has 1 amide bonds. The van der Waals surface area contributed by atoms with Gasteiger partial charge in [-0.25, -0.2) is 27.8 Å². The van der Waals surface area contributed by atoms with Crippen molar-refractivity contribution in [2.75, 3.05) is 24.6 Å². The number of fused-ring (bicyclic) bond motifs is 1. The lowest BCUT2D eigenvalue weighted by atomic mass is 10.1. The number of hydrogen-bond donors (Lipinski definition) is 2. The number of nitrogens with one attached hydrogen (secondary N) is 1. The molecule has 33 heavy (non-hydrogen) atoms. The van der Waals surface area contributed by atoms with Crippen LogP contribution in [0.3, 0.4) is 0 Å². The molecule has 3 heterocycles. The number of carbonyl (C=O) groups excluding carboxylic acids is 1. The van der Waals surface area contributed by atoms with Crippen molar-refractivity contribution < 1.29 is 13.2 Å². The van der Waals surface area contributed by atoms with Crippen LogP contribution in [0.25, 0.3) is 22.3 Å². The first-order valence-corrected chi connectivity index (χ1v) is 12.4. The second-order valence-corrected chi connectivity index (χ2v) is 10.1. The Balaban J connectivity index is 1.68. The van der Waals surface area contributed by atoms with Gasteiger partial charge in [0.15, 0.2) is 5.65 Å². The van der Waals surface area contributed by atoms with Crippen molar-refractivity contribution in [3.8, 4) is 11.3 Å². The first-order valence-electron chi connectivity index (χ1n) is 10.8. The minimum atomic E-state index is -3.27. The maximum absolute atomic E-state index is 12.1. The average molecular weight is 470 g/mol. The zero-order chi connectivity index (χ0) is 23.6. The molecule has 1 fully saturated rings. The highest BCUT2D eigenvalue weighted by Gasteiger charge is 2.28. The lowest BCUT2D eigenvalue weighted by Crippen LogP contribution is -2.40. The Kier molecular flexibility index (Phi) is 6.43. The molecule has 3 aromatic rings. The van der Waals surface area contributed by atoms with E-state index in [1.54, 1.807) is 11.8 Å². The van der Waals surface area contributed by atoms with E-state index in [4.69, 9.17) is 10.8 Å². The number of carbonyl (C=O) groups is 1. The summed E-state index contributed by atoms with van der Waals surface area (Å²) < 4.78 is 27.8. The number of amides is 1. The van der Waals surface area contributed by atoms with Crippen molar-refractivity contribution in [1.82, 2.24) is 29.4 Å². The molecule has 3 N–H and O–H groups in total. The number of likely N-dealkylation sites (tertiary alicyclic amines) is 1. The zero-order valence-electron chi connectivity index (χ0n) is 18.4. The fourth-order valence-electron chi connectivity index (χ4n) is 4.01. The Hall–Kier alpha value is -3.31. The van der Waals surface area contributed by atoms with E-state index in [-0.39, 0.29) is 24.2 Å². The lowest BCUT2D eigenvalue weighted by Gasteiger charge is -2.32. The molecule has 174 valence electrons. The standard InChI is InChI=1S/C22H27N7O3S/c1-3-18(30)28-11-5-6-17(13-28)29-22-19(21(23)24-14-25-22)20(27-29)16-9-7-15(8-10-16)12-26-33(31,32)4-2/h3,7-10,14,17,26H,1,4-6,11-13H2,2H3,(H2,23,24,25). The number of anilines is 1. The van der Waals surface area contributed by atoms with Crippen LogP contribution >= 0.6 is 0 Å². The Morgan fingerprint density at radius 3 is 2.76 bits per heavy atom. The van der Waals surface area contributed by atoms with Crippen molar-refractivity contribution in [2.24, 2.45) is 0 Å². The molecule has 1 saturated heterocycles. The highest BCUT2D eigenvalue weighted by Crippen LogP contribution is 2.33. The quantitative estimate of drug-likeness (QED) is 0.504. The van der Waals surface area contributed by atoms with Gasteiger partial charge in [0.2, 0.25) is 15.9 Å². The van der Waals surface area contributed by atoms with E-state index < -0.39 is 10.0 Å². The second kappa shape index (κ2) is 9.28. The molecule has 0 aliphatic carbocycles. The highest BCUT2D eigenvalue weighted by atomic mass is 32.2. The molecule has 1 aliphatic heterocycles. The molecular formula is C22H27N7O3S. The smallest absolute Gasteiger partial charge is 0.246 e. The summed E-state index contributed by atoms with van der Waals surface area (Å²) in [7, 11) is -3.27. The molecular weight excluding hydrogens is 442 g/mol. The van der Waals surface area contributed by atoms with E-state index in [2.05, 4.69) is 21.3 Å². The first-order chi connectivity index (χ1) is 15.8. The van der Waals surface area contributed by atoms with E-state index in [1.165, 1.54) is 12.4 Å². The Morgan fingerprint density at radius 1 is 1.30 bits per heavy atom. The second-order valence-electron chi connectivity index (χ2n) is 7.96. The third-order valence-corrected chi connectivity index (χ3v) is 7.19. The van der Waals surface area contributed by atoms with Gasteiger partial charge < -0.3 is 10.6 Å². The van der Waals surface area contributed by atoms with E-state index in [1.807, 2.05) is 28.9 Å². The molecule has 4 rings (SSSR count). The Labute approximate surface area is 192 Å². The SMILES string of the molecule is C=CC(=O)N1CCCC(n2nc(-c3ccc(CNS(=O)(=O)CC)cc3)c3c(N)ncnc32)C1. The molecule has 1 aromatic carbocycles. The van der Waals surface area contributed by atoms with Gasteiger partial charge in [-0.1, -0.05) is 30.8 Å². The number of aromatic nitrogens is 4. The third kappa shape index (κ3) is 4.74. The average Bonchev–Trinajstić information content (AvgIpc) is 3.24. The molecule has 0 bridgehead atoms. The molecule has 0 spiro atoms. The fraction of sp³-hybridized carbons (Fsp3) is 0.364. The van der Waals surface area contributed by atoms with Crippen LogP contribution in [-0.4, -0.2) is 57.8 Å². The van der Waals surface area contributed by atoms with Gasteiger partial charge in [0.25, 0.3) is 0 Å². The van der Waals surface area contributed by atoms with Crippen LogP contribution in [0.15, 0.2) is 43.2 Å². The van der Waals surface area contributed by atoms with E-state index in [9.17, 15) is 13.2 Å². The van der Waals surface area contributed by atoms with Gasteiger partial charge in [-0.05, 0) is 31.4 Å². The summed E-state index contributed by atoms with van der Waals surface area (Å²) in [4.78, 5) is 22.5. The third-order valence-electron chi connectivity index (χ3n) is 5.85. The van der Waals surface area contributed by atoms with Crippen LogP contribution in [0.1, 0.15) is 31.4 Å². The minimum Gasteiger partial charge on any atom is -0.383 e. The van der Waals surface area contributed by atoms with E-state index >= 15 is 0 Å². The fourth-order valence-corrected chi connectivity index (χ4v) is 4.60. The van der Waals surface area contributed by atoms with Crippen LogP contribution in [0, 0.1) is 0 Å². The van der Waals surface area contributed by atoms with Gasteiger partial charge in [-0.3, -0.25) is 4.79 Å². The predicted octanol–water partition coefficient (Wildman–Crippen LogP) is 1.86. The number of hydrogen-bond acceptors (Lipinski definition) is 7. The number of nitrogens with zero attached hydrogens (tertiary/aromatic N) is 5. The minimum absolute atomic E-state index is 0.0325. The number of nitrogen functional groups attached to an aromatic ring is 1. The van der Waals surface area contributed by atoms with Crippen molar-refractivity contribution in [3.05, 3.63) is 48.8 Å². The van der Waals surface area contributed by atoms with Crippen LogP contribution in [0.5, 0.6) is 0 Å². The molecule has 1 aliphatic rings. The topological polar surface area (TPSA) is 136 Å². The Morgan fingerprint density at radius 2 is 2.06 bits per heavy atom. The molecule has 11 heteroatoms. The summed E-state index contributed by atoms with van der Waals surface area (Å²) in [6, 6.07) is 7.41. The number of nitrogens with two attached hydrogens (primary N) is 1. The van der Waals surface area contributed by atoms with Gasteiger partial charge in [-0.2, -0.15) is 5.10 Å². The van der Waals surface area contributed by atoms with Crippen LogP contribution in [0.2, 0.25) is 0 Å². The molecule has 2 aromatic heterocycles. The molecule has 0 radical (unpaired) electrons. The lowest BCUT2D eigenvalue weighted by molar-refractivity contribution is -0.127. The summed E-state index contributed by atoms with van der Waals surface area (Å²) >= 11 is 0. The maximum Gasteiger partial charge on any atom is 0.246 e. The van der Waals surface area contributed by atoms with Gasteiger partial charge >= 0.3 is 0 Å². The predicted molar refractivity (Wildman–Crippen MR) is 127 cm³/mol. The molecule has 1 atom stereocenters. The van der Waals surface area contributed by atoms with Gasteiger partial charge in [0.05, 0.1) is 17.2 Å². The summed E-state index contributed by atoms with van der Waals surface area (Å²) in [6.07, 6.45) is 4.46. The summed E-state index contributed by atoms with van der Waals surface area (Å²) in [5.41, 5.74) is 9.13. The van der Waals surface area contributed by atoms with Crippen molar-refractivity contribution in [2.45, 2.75) is 32.4 Å². The Bertz CT molecular complexity index is 1290. The van der Waals surface area contributed by atoms with Crippen molar-refractivity contribution in [3.63, 3.8) is 0 Å². The van der Waals surface area contributed by atoms with Gasteiger partial charge in [0, 0.05) is 25.2 Å². The van der Waals surface area contributed by atoms with Crippen LogP contribution in [0.4, 0.5) is 5.82 Å². The molecule has 0 saturated carbocycles. The molecule has 1 unspecified atom stereocenters. The largest absolute Gasteiger partial charge is 0.383 e. The summed E-state index contributed by atoms with van der Waals surface area (Å²) in [6.45, 7) is 6.60. The van der Waals surface area contributed by atoms with Crippen LogP contribution < -0.4 is 10.5 Å². The number of benzene rings is 1. The van der Waals surface area contributed by atoms with Crippen molar-refractivity contribution in [1.29, 1.82) is 0 Å². The molecule has 10 nitrogen and oxygen atoms in total. The van der Waals surface area contributed by atoms with E-state index in [0.29, 0.717) is 35.6 Å². The van der Waals surface area contributed by atoms with E-state index in [0.717, 1.165) is 24.0 Å². The highest BCUT2D eigenvalue weighted by molar-refractivity contribution is 7.89.